The molecule has 2 atom stereocenters. The second-order valence-corrected chi connectivity index (χ2v) is 4.76. The molecule has 4 nitrogen and oxygen atoms in total. The van der Waals surface area contributed by atoms with Gasteiger partial charge in [-0.15, -0.1) is 0 Å². The second kappa shape index (κ2) is 4.18. The molecule has 1 aromatic heterocycles. The van der Waals surface area contributed by atoms with E-state index in [0.717, 1.165) is 43.9 Å². The molecule has 88 valence electrons. The lowest BCUT2D eigenvalue weighted by molar-refractivity contribution is 0.00616. The van der Waals surface area contributed by atoms with E-state index in [0.29, 0.717) is 0 Å². The number of rotatable bonds is 1. The van der Waals surface area contributed by atoms with Crippen molar-refractivity contribution in [1.82, 2.24) is 9.55 Å². The molecule has 0 radical (unpaired) electrons. The van der Waals surface area contributed by atoms with Gasteiger partial charge in [-0.05, 0) is 25.7 Å². The lowest BCUT2D eigenvalue weighted by atomic mass is 10.1. The Morgan fingerprint density at radius 1 is 1.38 bits per heavy atom. The maximum Gasteiger partial charge on any atom is 0.138 e. The van der Waals surface area contributed by atoms with Gasteiger partial charge in [0.05, 0.1) is 6.10 Å². The van der Waals surface area contributed by atoms with Crippen LogP contribution in [0.3, 0.4) is 0 Å². The van der Waals surface area contributed by atoms with Gasteiger partial charge in [0.15, 0.2) is 0 Å². The van der Waals surface area contributed by atoms with Crippen molar-refractivity contribution >= 4 is 0 Å². The molecule has 0 spiro atoms. The topological polar surface area (TPSA) is 47.3 Å². The molecular formula is C12H18N2O2. The Hall–Kier alpha value is -0.870. The van der Waals surface area contributed by atoms with E-state index >= 15 is 0 Å². The van der Waals surface area contributed by atoms with Crippen LogP contribution in [0, 0.1) is 0 Å². The average molecular weight is 222 g/mol. The van der Waals surface area contributed by atoms with Crippen LogP contribution in [-0.4, -0.2) is 27.4 Å². The van der Waals surface area contributed by atoms with Gasteiger partial charge >= 0.3 is 0 Å². The quantitative estimate of drug-likeness (QED) is 0.782. The number of hydrogen-bond acceptors (Lipinski definition) is 3. The number of aliphatic hydroxyl groups excluding tert-OH is 1. The van der Waals surface area contributed by atoms with Gasteiger partial charge < -0.3 is 14.4 Å². The van der Waals surface area contributed by atoms with Crippen molar-refractivity contribution in [3.05, 3.63) is 17.7 Å². The van der Waals surface area contributed by atoms with Gasteiger partial charge in [-0.3, -0.25) is 0 Å². The summed E-state index contributed by atoms with van der Waals surface area (Å²) in [5, 5.41) is 9.60. The number of imidazole rings is 1. The Balaban J connectivity index is 1.85. The van der Waals surface area contributed by atoms with E-state index in [1.165, 1.54) is 12.8 Å². The molecule has 1 aromatic rings. The normalized spacial score (nSPS) is 30.1. The zero-order valence-electron chi connectivity index (χ0n) is 9.43. The van der Waals surface area contributed by atoms with E-state index in [-0.39, 0.29) is 12.2 Å². The van der Waals surface area contributed by atoms with Crippen molar-refractivity contribution in [1.29, 1.82) is 0 Å². The predicted octanol–water partition coefficient (Wildman–Crippen LogP) is 1.43. The standard InChI is InChI=1S/C12H18N2O2/c15-10-4-5-14-9(7-10)8-13-12(14)11-3-1-2-6-16-11/h8,10-11,15H,1-7H2. The summed E-state index contributed by atoms with van der Waals surface area (Å²) in [4.78, 5) is 4.48. The number of fused-ring (bicyclic) bond motifs is 1. The second-order valence-electron chi connectivity index (χ2n) is 4.76. The fourth-order valence-electron chi connectivity index (χ4n) is 2.67. The van der Waals surface area contributed by atoms with Crippen LogP contribution in [0.1, 0.15) is 43.3 Å². The monoisotopic (exact) mass is 222 g/mol. The van der Waals surface area contributed by atoms with E-state index in [1.54, 1.807) is 0 Å². The summed E-state index contributed by atoms with van der Waals surface area (Å²) in [5.41, 5.74) is 1.16. The minimum atomic E-state index is -0.190. The predicted molar refractivity (Wildman–Crippen MR) is 59.1 cm³/mol. The molecule has 3 rings (SSSR count). The maximum absolute atomic E-state index is 9.60. The van der Waals surface area contributed by atoms with Crippen LogP contribution < -0.4 is 0 Å². The van der Waals surface area contributed by atoms with Gasteiger partial charge in [-0.1, -0.05) is 0 Å². The number of aliphatic hydroxyl groups is 1. The number of hydrogen-bond donors (Lipinski definition) is 1. The lowest BCUT2D eigenvalue weighted by Crippen LogP contribution is -2.25. The van der Waals surface area contributed by atoms with Crippen LogP contribution in [-0.2, 0) is 17.7 Å². The molecule has 0 bridgehead atoms. The van der Waals surface area contributed by atoms with Crippen LogP contribution in [0.15, 0.2) is 6.20 Å². The summed E-state index contributed by atoms with van der Waals surface area (Å²) >= 11 is 0. The van der Waals surface area contributed by atoms with Crippen molar-refractivity contribution in [3.8, 4) is 0 Å². The third kappa shape index (κ3) is 1.76. The summed E-state index contributed by atoms with van der Waals surface area (Å²) < 4.78 is 8.01. The van der Waals surface area contributed by atoms with E-state index in [9.17, 15) is 5.11 Å². The fraction of sp³-hybridized carbons (Fsp3) is 0.750. The van der Waals surface area contributed by atoms with Crippen molar-refractivity contribution in [2.24, 2.45) is 0 Å². The first-order valence-electron chi connectivity index (χ1n) is 6.18. The first-order valence-corrected chi connectivity index (χ1v) is 6.18. The van der Waals surface area contributed by atoms with Crippen LogP contribution in [0.4, 0.5) is 0 Å². The van der Waals surface area contributed by atoms with Gasteiger partial charge in [-0.2, -0.15) is 0 Å². The molecule has 16 heavy (non-hydrogen) atoms. The highest BCUT2D eigenvalue weighted by Crippen LogP contribution is 2.29. The van der Waals surface area contributed by atoms with Gasteiger partial charge in [0, 0.05) is 31.5 Å². The first-order chi connectivity index (χ1) is 7.84. The third-order valence-electron chi connectivity index (χ3n) is 3.57. The van der Waals surface area contributed by atoms with Gasteiger partial charge in [0.25, 0.3) is 0 Å². The highest BCUT2D eigenvalue weighted by atomic mass is 16.5. The number of aromatic nitrogens is 2. The summed E-state index contributed by atoms with van der Waals surface area (Å²) in [6.07, 6.45) is 6.94. The largest absolute Gasteiger partial charge is 0.393 e. The Morgan fingerprint density at radius 2 is 2.31 bits per heavy atom. The molecule has 3 heterocycles. The number of nitrogens with zero attached hydrogens (tertiary/aromatic N) is 2. The Bertz CT molecular complexity index is 369. The molecule has 1 saturated heterocycles. The summed E-state index contributed by atoms with van der Waals surface area (Å²) in [6.45, 7) is 1.74. The van der Waals surface area contributed by atoms with Gasteiger partial charge in [0.2, 0.25) is 0 Å². The minimum Gasteiger partial charge on any atom is -0.393 e. The molecule has 0 saturated carbocycles. The molecule has 0 aromatic carbocycles. The lowest BCUT2D eigenvalue weighted by Gasteiger charge is -2.26. The van der Waals surface area contributed by atoms with E-state index < -0.39 is 0 Å². The van der Waals surface area contributed by atoms with Crippen molar-refractivity contribution in [3.63, 3.8) is 0 Å². The zero-order valence-corrected chi connectivity index (χ0v) is 9.43. The van der Waals surface area contributed by atoms with E-state index in [4.69, 9.17) is 4.74 Å². The molecule has 0 aliphatic carbocycles. The molecule has 0 amide bonds. The van der Waals surface area contributed by atoms with Crippen LogP contribution in [0.25, 0.3) is 0 Å². The molecule has 2 unspecified atom stereocenters. The van der Waals surface area contributed by atoms with Gasteiger partial charge in [-0.25, -0.2) is 4.98 Å². The van der Waals surface area contributed by atoms with Crippen molar-refractivity contribution in [2.45, 2.75) is 50.9 Å². The Morgan fingerprint density at radius 3 is 3.12 bits per heavy atom. The van der Waals surface area contributed by atoms with Crippen LogP contribution >= 0.6 is 0 Å². The van der Waals surface area contributed by atoms with E-state index in [2.05, 4.69) is 9.55 Å². The molecule has 1 N–H and O–H groups in total. The Kier molecular flexibility index (Phi) is 2.69. The highest BCUT2D eigenvalue weighted by molar-refractivity contribution is 5.11. The molecule has 4 heteroatoms. The van der Waals surface area contributed by atoms with Crippen LogP contribution in [0.5, 0.6) is 0 Å². The summed E-state index contributed by atoms with van der Waals surface area (Å²) in [7, 11) is 0. The third-order valence-corrected chi connectivity index (χ3v) is 3.57. The molecule has 2 aliphatic heterocycles. The fourth-order valence-corrected chi connectivity index (χ4v) is 2.67. The molecular weight excluding hydrogens is 204 g/mol. The maximum atomic E-state index is 9.60. The zero-order chi connectivity index (χ0) is 11.0. The summed E-state index contributed by atoms with van der Waals surface area (Å²) in [5.74, 6) is 1.07. The first kappa shape index (κ1) is 10.3. The van der Waals surface area contributed by atoms with Gasteiger partial charge in [0.1, 0.15) is 11.9 Å². The minimum absolute atomic E-state index is 0.178. The average Bonchev–Trinajstić information content (AvgIpc) is 2.73. The summed E-state index contributed by atoms with van der Waals surface area (Å²) in [6, 6.07) is 0. The number of ether oxygens (including phenoxy) is 1. The van der Waals surface area contributed by atoms with Crippen molar-refractivity contribution < 1.29 is 9.84 Å². The SMILES string of the molecule is OC1CCn2c(cnc2C2CCCCO2)C1. The Labute approximate surface area is 95.3 Å². The highest BCUT2D eigenvalue weighted by Gasteiger charge is 2.25. The van der Waals surface area contributed by atoms with Crippen molar-refractivity contribution in [2.75, 3.05) is 6.61 Å². The molecule has 1 fully saturated rings. The smallest absolute Gasteiger partial charge is 0.138 e. The molecule has 2 aliphatic rings. The van der Waals surface area contributed by atoms with Crippen LogP contribution in [0.2, 0.25) is 0 Å². The van der Waals surface area contributed by atoms with E-state index in [1.807, 2.05) is 6.20 Å².